The Bertz CT molecular complexity index is 831. The quantitative estimate of drug-likeness (QED) is 0.893. The van der Waals surface area contributed by atoms with Gasteiger partial charge in [0.05, 0.1) is 17.3 Å². The first-order valence-electron chi connectivity index (χ1n) is 8.09. The van der Waals surface area contributed by atoms with Crippen LogP contribution in [0.4, 0.5) is 5.69 Å². The smallest absolute Gasteiger partial charge is 0.262 e. The topological polar surface area (TPSA) is 67.4 Å². The summed E-state index contributed by atoms with van der Waals surface area (Å²) in [5.41, 5.74) is 3.46. The number of carbonyl (C=O) groups is 2. The summed E-state index contributed by atoms with van der Waals surface area (Å²) >= 11 is 0. The first-order chi connectivity index (χ1) is 11.6. The van der Waals surface area contributed by atoms with Gasteiger partial charge in [0.15, 0.2) is 12.4 Å². The van der Waals surface area contributed by atoms with Gasteiger partial charge in [-0.15, -0.1) is 0 Å². The summed E-state index contributed by atoms with van der Waals surface area (Å²) in [5, 5.41) is 5.84. The predicted molar refractivity (Wildman–Crippen MR) is 90.2 cm³/mol. The van der Waals surface area contributed by atoms with Crippen molar-refractivity contribution in [2.24, 2.45) is 0 Å². The largest absolute Gasteiger partial charge is 0.481 e. The van der Waals surface area contributed by atoms with Gasteiger partial charge in [-0.3, -0.25) is 9.59 Å². The lowest BCUT2D eigenvalue weighted by molar-refractivity contribution is -0.118. The Labute approximate surface area is 140 Å². The lowest BCUT2D eigenvalue weighted by Gasteiger charge is -2.21. The second-order valence-corrected chi connectivity index (χ2v) is 6.31. The fourth-order valence-electron chi connectivity index (χ4n) is 3.55. The maximum absolute atomic E-state index is 12.8. The van der Waals surface area contributed by atoms with E-state index >= 15 is 0 Å². The van der Waals surface area contributed by atoms with Crippen LogP contribution in [-0.2, 0) is 4.79 Å². The number of rotatable bonds is 2. The fourth-order valence-corrected chi connectivity index (χ4v) is 3.55. The van der Waals surface area contributed by atoms with E-state index in [1.54, 1.807) is 18.2 Å². The Morgan fingerprint density at radius 3 is 2.79 bits per heavy atom. The third-order valence-corrected chi connectivity index (χ3v) is 4.68. The number of amides is 2. The molecule has 2 aromatic carbocycles. The van der Waals surface area contributed by atoms with Crippen molar-refractivity contribution in [2.75, 3.05) is 11.9 Å². The number of benzene rings is 2. The van der Waals surface area contributed by atoms with Crippen molar-refractivity contribution in [1.82, 2.24) is 5.32 Å². The zero-order valence-electron chi connectivity index (χ0n) is 13.3. The molecule has 2 N–H and O–H groups in total. The number of anilines is 1. The van der Waals surface area contributed by atoms with Crippen molar-refractivity contribution in [3.63, 3.8) is 0 Å². The van der Waals surface area contributed by atoms with Gasteiger partial charge in [-0.05, 0) is 35.6 Å². The van der Waals surface area contributed by atoms with Gasteiger partial charge in [0.25, 0.3) is 11.8 Å². The normalized spacial score (nSPS) is 21.3. The summed E-state index contributed by atoms with van der Waals surface area (Å²) < 4.78 is 5.47. The van der Waals surface area contributed by atoms with Gasteiger partial charge in [0, 0.05) is 0 Å². The van der Waals surface area contributed by atoms with Crippen molar-refractivity contribution in [1.29, 1.82) is 0 Å². The molecule has 1 aliphatic carbocycles. The van der Waals surface area contributed by atoms with Crippen LogP contribution in [0.15, 0.2) is 42.5 Å². The molecule has 0 fully saturated rings. The van der Waals surface area contributed by atoms with Crippen LogP contribution in [0.2, 0.25) is 0 Å². The number of nitrogens with one attached hydrogen (secondary N) is 2. The lowest BCUT2D eigenvalue weighted by atomic mass is 10.0. The van der Waals surface area contributed by atoms with Gasteiger partial charge in [-0.1, -0.05) is 37.3 Å². The highest BCUT2D eigenvalue weighted by Crippen LogP contribution is 2.40. The van der Waals surface area contributed by atoms with Crippen molar-refractivity contribution in [3.05, 3.63) is 59.2 Å². The molecule has 2 amide bonds. The van der Waals surface area contributed by atoms with Crippen LogP contribution in [0, 0.1) is 0 Å². The Morgan fingerprint density at radius 2 is 1.96 bits per heavy atom. The second-order valence-electron chi connectivity index (χ2n) is 6.31. The summed E-state index contributed by atoms with van der Waals surface area (Å²) in [7, 11) is 0. The third-order valence-electron chi connectivity index (χ3n) is 4.68. The number of para-hydroxylation sites is 1. The maximum atomic E-state index is 12.8. The number of ether oxygens (including phenoxy) is 1. The zero-order chi connectivity index (χ0) is 16.7. The molecule has 0 saturated heterocycles. The van der Waals surface area contributed by atoms with E-state index in [1.165, 1.54) is 11.1 Å². The summed E-state index contributed by atoms with van der Waals surface area (Å²) in [6.45, 7) is 2.11. The van der Waals surface area contributed by atoms with Gasteiger partial charge >= 0.3 is 0 Å². The van der Waals surface area contributed by atoms with Gasteiger partial charge in [-0.2, -0.15) is 0 Å². The third kappa shape index (κ3) is 2.42. The van der Waals surface area contributed by atoms with Gasteiger partial charge < -0.3 is 15.4 Å². The van der Waals surface area contributed by atoms with E-state index in [2.05, 4.69) is 29.7 Å². The van der Waals surface area contributed by atoms with Crippen molar-refractivity contribution in [3.8, 4) is 5.75 Å². The Hall–Kier alpha value is -2.82. The highest BCUT2D eigenvalue weighted by atomic mass is 16.5. The monoisotopic (exact) mass is 322 g/mol. The molecule has 5 nitrogen and oxygen atoms in total. The second kappa shape index (κ2) is 5.67. The molecule has 1 heterocycles. The Kier molecular flexibility index (Phi) is 3.49. The summed E-state index contributed by atoms with van der Waals surface area (Å²) in [6, 6.07) is 13.4. The molecule has 2 atom stereocenters. The van der Waals surface area contributed by atoms with E-state index < -0.39 is 0 Å². The minimum absolute atomic E-state index is 0.00209. The summed E-state index contributed by atoms with van der Waals surface area (Å²) in [6.07, 6.45) is 0.887. The lowest BCUT2D eigenvalue weighted by Crippen LogP contribution is -2.30. The summed E-state index contributed by atoms with van der Waals surface area (Å²) in [5.74, 6) is 0.469. The molecule has 5 heteroatoms. The first kappa shape index (κ1) is 14.8. The minimum atomic E-state index is -0.210. The van der Waals surface area contributed by atoms with E-state index in [9.17, 15) is 9.59 Å². The van der Waals surface area contributed by atoms with Gasteiger partial charge in [0.1, 0.15) is 0 Å². The molecule has 4 rings (SSSR count). The van der Waals surface area contributed by atoms with Crippen LogP contribution in [0.25, 0.3) is 0 Å². The molecule has 0 spiro atoms. The Balaban J connectivity index is 1.60. The highest BCUT2D eigenvalue weighted by Gasteiger charge is 2.30. The van der Waals surface area contributed by atoms with E-state index in [4.69, 9.17) is 4.74 Å². The molecule has 0 bridgehead atoms. The van der Waals surface area contributed by atoms with E-state index in [0.29, 0.717) is 22.9 Å². The average Bonchev–Trinajstić information content (AvgIpc) is 2.90. The molecule has 2 aromatic rings. The van der Waals surface area contributed by atoms with Gasteiger partial charge in [0.2, 0.25) is 0 Å². The summed E-state index contributed by atoms with van der Waals surface area (Å²) in [4.78, 5) is 24.2. The molecule has 0 aromatic heterocycles. The SMILES string of the molecule is C[C@@H]1C[C@H](NC(=O)c2cccc3c2OCC(=O)N3)c2ccccc21. The molecule has 1 aliphatic heterocycles. The minimum Gasteiger partial charge on any atom is -0.481 e. The predicted octanol–water partition coefficient (Wildman–Crippen LogP) is 3.00. The van der Waals surface area contributed by atoms with Crippen molar-refractivity contribution in [2.45, 2.75) is 25.3 Å². The van der Waals surface area contributed by atoms with Crippen LogP contribution in [0.1, 0.15) is 46.8 Å². The molecule has 0 unspecified atom stereocenters. The zero-order valence-corrected chi connectivity index (χ0v) is 13.3. The van der Waals surface area contributed by atoms with Crippen LogP contribution >= 0.6 is 0 Å². The number of carbonyl (C=O) groups excluding carboxylic acids is 2. The van der Waals surface area contributed by atoms with Gasteiger partial charge in [-0.25, -0.2) is 0 Å². The van der Waals surface area contributed by atoms with Crippen LogP contribution in [0.3, 0.4) is 0 Å². The van der Waals surface area contributed by atoms with Crippen molar-refractivity contribution < 1.29 is 14.3 Å². The van der Waals surface area contributed by atoms with Crippen molar-refractivity contribution >= 4 is 17.5 Å². The molecule has 24 heavy (non-hydrogen) atoms. The maximum Gasteiger partial charge on any atom is 0.262 e. The molecule has 0 radical (unpaired) electrons. The number of fused-ring (bicyclic) bond motifs is 2. The van der Waals surface area contributed by atoms with Crippen LogP contribution in [-0.4, -0.2) is 18.4 Å². The average molecular weight is 322 g/mol. The van der Waals surface area contributed by atoms with E-state index in [-0.39, 0.29) is 24.5 Å². The molecular formula is C19H18N2O3. The van der Waals surface area contributed by atoms with E-state index in [0.717, 1.165) is 6.42 Å². The molecule has 2 aliphatic rings. The highest BCUT2D eigenvalue weighted by molar-refractivity contribution is 6.03. The molecule has 122 valence electrons. The fraction of sp³-hybridized carbons (Fsp3) is 0.263. The molecular weight excluding hydrogens is 304 g/mol. The van der Waals surface area contributed by atoms with Crippen LogP contribution in [0.5, 0.6) is 5.75 Å². The van der Waals surface area contributed by atoms with Crippen LogP contribution < -0.4 is 15.4 Å². The first-order valence-corrected chi connectivity index (χ1v) is 8.09. The molecule has 0 saturated carbocycles. The number of hydrogen-bond acceptors (Lipinski definition) is 3. The number of hydrogen-bond donors (Lipinski definition) is 2. The van der Waals surface area contributed by atoms with E-state index in [1.807, 2.05) is 12.1 Å². The Morgan fingerprint density at radius 1 is 1.17 bits per heavy atom. The standard InChI is InChI=1S/C19H18N2O3/c1-11-9-16(13-6-3-2-5-12(11)13)21-19(23)14-7-4-8-15-18(14)24-10-17(22)20-15/h2-8,11,16H,9-10H2,1H3,(H,20,22)(H,21,23)/t11-,16+/m1/s1.